The summed E-state index contributed by atoms with van der Waals surface area (Å²) in [5.74, 6) is 5.38. The van der Waals surface area contributed by atoms with Crippen LogP contribution in [0.2, 0.25) is 0 Å². The predicted molar refractivity (Wildman–Crippen MR) is 52.5 cm³/mol. The number of nitrogens with zero attached hydrogens (tertiary/aromatic N) is 1. The average Bonchev–Trinajstić information content (AvgIpc) is 1.82. The molecule has 1 unspecified atom stereocenters. The number of nitrogens with one attached hydrogen (secondary N) is 1. The Morgan fingerprint density at radius 3 is 2.33 bits per heavy atom. The van der Waals surface area contributed by atoms with Crippen LogP contribution in [0.25, 0.3) is 0 Å². The van der Waals surface area contributed by atoms with Crippen LogP contribution < -0.4 is 17.0 Å². The topological polar surface area (TPSA) is 76.4 Å². The third kappa shape index (κ3) is 5.97. The molecule has 0 aliphatic carbocycles. The van der Waals surface area contributed by atoms with Crippen LogP contribution in [0, 0.1) is 5.41 Å². The number of aliphatic imine (C=N–C) groups is 1. The van der Waals surface area contributed by atoms with Crippen LogP contribution >= 0.6 is 0 Å². The molecule has 5 N–H and O–H groups in total. The molecular formula is C8H20N4. The van der Waals surface area contributed by atoms with Gasteiger partial charge in [0.1, 0.15) is 0 Å². The molecule has 0 fully saturated rings. The molecule has 0 bridgehead atoms. The van der Waals surface area contributed by atoms with E-state index in [0.29, 0.717) is 5.96 Å². The van der Waals surface area contributed by atoms with E-state index in [4.69, 9.17) is 11.6 Å². The summed E-state index contributed by atoms with van der Waals surface area (Å²) in [4.78, 5) is 4.14. The maximum atomic E-state index is 5.41. The fraction of sp³-hybridized carbons (Fsp3) is 0.875. The zero-order valence-corrected chi connectivity index (χ0v) is 8.39. The summed E-state index contributed by atoms with van der Waals surface area (Å²) in [5.41, 5.74) is 7.99. The standard InChI is InChI=1S/C8H20N4/c1-6(5-8(2,3)4)11-7(9)12-10/h6H,5,10H2,1-4H3,(H3,9,11,12). The minimum atomic E-state index is 0.209. The predicted octanol–water partition coefficient (Wildman–Crippen LogP) is 0.589. The van der Waals surface area contributed by atoms with Crippen LogP contribution in [0.4, 0.5) is 0 Å². The highest BCUT2D eigenvalue weighted by atomic mass is 15.3. The number of nitrogens with two attached hydrogens (primary N) is 2. The molecule has 1 atom stereocenters. The highest BCUT2D eigenvalue weighted by molar-refractivity contribution is 5.77. The fourth-order valence-electron chi connectivity index (χ4n) is 1.21. The number of hydrazine groups is 1. The van der Waals surface area contributed by atoms with Crippen LogP contribution in [0.5, 0.6) is 0 Å². The van der Waals surface area contributed by atoms with Crippen molar-refractivity contribution in [2.45, 2.75) is 40.2 Å². The van der Waals surface area contributed by atoms with E-state index in [9.17, 15) is 0 Å². The average molecular weight is 172 g/mol. The van der Waals surface area contributed by atoms with Crippen molar-refractivity contribution in [1.29, 1.82) is 0 Å². The van der Waals surface area contributed by atoms with E-state index < -0.39 is 0 Å². The molecule has 4 heteroatoms. The second kappa shape index (κ2) is 4.30. The van der Waals surface area contributed by atoms with Gasteiger partial charge in [-0.3, -0.25) is 5.43 Å². The van der Waals surface area contributed by atoms with E-state index in [1.807, 2.05) is 6.92 Å². The fourth-order valence-corrected chi connectivity index (χ4v) is 1.21. The van der Waals surface area contributed by atoms with Gasteiger partial charge >= 0.3 is 0 Å². The molecule has 4 nitrogen and oxygen atoms in total. The molecule has 0 amide bonds. The second-order valence-corrected chi connectivity index (χ2v) is 4.27. The molecule has 12 heavy (non-hydrogen) atoms. The van der Waals surface area contributed by atoms with E-state index in [1.54, 1.807) is 0 Å². The first-order valence-corrected chi connectivity index (χ1v) is 4.15. The first-order valence-electron chi connectivity index (χ1n) is 4.15. The number of hydrogen-bond acceptors (Lipinski definition) is 2. The second-order valence-electron chi connectivity index (χ2n) is 4.27. The van der Waals surface area contributed by atoms with Crippen molar-refractivity contribution < 1.29 is 0 Å². The van der Waals surface area contributed by atoms with Crippen molar-refractivity contribution in [3.05, 3.63) is 0 Å². The van der Waals surface area contributed by atoms with Gasteiger partial charge in [-0.05, 0) is 18.8 Å². The molecule has 0 aromatic carbocycles. The van der Waals surface area contributed by atoms with Crippen molar-refractivity contribution in [2.75, 3.05) is 0 Å². The number of guanidine groups is 1. The zero-order valence-electron chi connectivity index (χ0n) is 8.39. The van der Waals surface area contributed by atoms with E-state index in [2.05, 4.69) is 31.2 Å². The van der Waals surface area contributed by atoms with E-state index in [1.165, 1.54) is 0 Å². The lowest BCUT2D eigenvalue weighted by atomic mass is 9.89. The van der Waals surface area contributed by atoms with Gasteiger partial charge in [0.25, 0.3) is 0 Å². The lowest BCUT2D eigenvalue weighted by molar-refractivity contribution is 0.349. The first-order chi connectivity index (χ1) is 5.35. The molecule has 0 aliphatic rings. The Morgan fingerprint density at radius 2 is 2.00 bits per heavy atom. The highest BCUT2D eigenvalue weighted by Gasteiger charge is 2.14. The van der Waals surface area contributed by atoms with Crippen LogP contribution in [-0.4, -0.2) is 12.0 Å². The van der Waals surface area contributed by atoms with Gasteiger partial charge in [-0.25, -0.2) is 10.8 Å². The van der Waals surface area contributed by atoms with Crippen LogP contribution in [0.15, 0.2) is 4.99 Å². The van der Waals surface area contributed by atoms with Crippen molar-refractivity contribution in [1.82, 2.24) is 5.43 Å². The Kier molecular flexibility index (Phi) is 4.03. The Bertz CT molecular complexity index is 157. The molecule has 0 rings (SSSR count). The van der Waals surface area contributed by atoms with Gasteiger partial charge in [-0.2, -0.15) is 0 Å². The molecule has 0 radical (unpaired) electrons. The maximum absolute atomic E-state index is 5.41. The summed E-state index contributed by atoms with van der Waals surface area (Å²) in [7, 11) is 0. The summed E-state index contributed by atoms with van der Waals surface area (Å²) in [5, 5.41) is 0. The van der Waals surface area contributed by atoms with Crippen LogP contribution in [0.1, 0.15) is 34.1 Å². The van der Waals surface area contributed by atoms with Gasteiger partial charge in [0.05, 0.1) is 6.04 Å². The molecule has 72 valence electrons. The monoisotopic (exact) mass is 172 g/mol. The molecule has 0 aliphatic heterocycles. The number of hydrogen-bond donors (Lipinski definition) is 3. The molecule has 0 heterocycles. The van der Waals surface area contributed by atoms with Gasteiger partial charge < -0.3 is 5.73 Å². The SMILES string of the molecule is CC(CC(C)(C)C)N=C(N)NN. The lowest BCUT2D eigenvalue weighted by Crippen LogP contribution is -2.38. The van der Waals surface area contributed by atoms with Gasteiger partial charge in [-0.15, -0.1) is 0 Å². The van der Waals surface area contributed by atoms with Gasteiger partial charge in [0.2, 0.25) is 5.96 Å². The van der Waals surface area contributed by atoms with Crippen LogP contribution in [-0.2, 0) is 0 Å². The Balaban J connectivity index is 3.97. The quantitative estimate of drug-likeness (QED) is 0.247. The summed E-state index contributed by atoms with van der Waals surface area (Å²) in [6.45, 7) is 8.54. The largest absolute Gasteiger partial charge is 0.369 e. The Hall–Kier alpha value is -0.770. The molecule has 0 aromatic rings. The number of rotatable bonds is 2. The molecular weight excluding hydrogens is 152 g/mol. The van der Waals surface area contributed by atoms with Crippen molar-refractivity contribution in [3.63, 3.8) is 0 Å². The van der Waals surface area contributed by atoms with E-state index in [-0.39, 0.29) is 11.5 Å². The molecule has 0 saturated heterocycles. The summed E-state index contributed by atoms with van der Waals surface area (Å²) in [6, 6.07) is 0.209. The third-order valence-corrected chi connectivity index (χ3v) is 1.42. The summed E-state index contributed by atoms with van der Waals surface area (Å²) < 4.78 is 0. The van der Waals surface area contributed by atoms with Gasteiger partial charge in [0, 0.05) is 0 Å². The smallest absolute Gasteiger partial charge is 0.203 e. The van der Waals surface area contributed by atoms with Crippen molar-refractivity contribution in [3.8, 4) is 0 Å². The highest BCUT2D eigenvalue weighted by Crippen LogP contribution is 2.21. The van der Waals surface area contributed by atoms with Crippen molar-refractivity contribution in [2.24, 2.45) is 22.0 Å². The molecule has 0 spiro atoms. The van der Waals surface area contributed by atoms with Gasteiger partial charge in [-0.1, -0.05) is 20.8 Å². The normalized spacial score (nSPS) is 15.9. The van der Waals surface area contributed by atoms with E-state index in [0.717, 1.165) is 6.42 Å². The van der Waals surface area contributed by atoms with E-state index >= 15 is 0 Å². The minimum Gasteiger partial charge on any atom is -0.369 e. The molecule has 0 aromatic heterocycles. The Labute approximate surface area is 74.4 Å². The first kappa shape index (κ1) is 11.2. The summed E-state index contributed by atoms with van der Waals surface area (Å²) >= 11 is 0. The summed E-state index contributed by atoms with van der Waals surface area (Å²) in [6.07, 6.45) is 0.995. The third-order valence-electron chi connectivity index (χ3n) is 1.42. The van der Waals surface area contributed by atoms with Crippen LogP contribution in [0.3, 0.4) is 0 Å². The maximum Gasteiger partial charge on any atom is 0.203 e. The Morgan fingerprint density at radius 1 is 1.50 bits per heavy atom. The minimum absolute atomic E-state index is 0.209. The lowest BCUT2D eigenvalue weighted by Gasteiger charge is -2.20. The zero-order chi connectivity index (χ0) is 9.78. The van der Waals surface area contributed by atoms with Crippen molar-refractivity contribution >= 4 is 5.96 Å². The molecule has 0 saturated carbocycles. The van der Waals surface area contributed by atoms with Gasteiger partial charge in [0.15, 0.2) is 0 Å².